The van der Waals surface area contributed by atoms with Crippen LogP contribution in [0.1, 0.15) is 51.1 Å². The van der Waals surface area contributed by atoms with Crippen molar-refractivity contribution in [3.63, 3.8) is 0 Å². The van der Waals surface area contributed by atoms with Gasteiger partial charge >= 0.3 is 0 Å². The van der Waals surface area contributed by atoms with E-state index in [1.54, 1.807) is 0 Å². The van der Waals surface area contributed by atoms with Crippen LogP contribution in [0.15, 0.2) is 28.7 Å². The van der Waals surface area contributed by atoms with E-state index in [0.29, 0.717) is 6.04 Å². The fourth-order valence-electron chi connectivity index (χ4n) is 1.81. The van der Waals surface area contributed by atoms with Crippen molar-refractivity contribution < 1.29 is 0 Å². The zero-order valence-electron chi connectivity index (χ0n) is 10.3. The Morgan fingerprint density at radius 2 is 1.94 bits per heavy atom. The molecule has 1 N–H and O–H groups in total. The fraction of sp³-hybridized carbons (Fsp3) is 0.571. The van der Waals surface area contributed by atoms with Crippen LogP contribution >= 0.6 is 15.9 Å². The molecule has 0 aromatic heterocycles. The number of unbranched alkanes of at least 4 members (excludes halogenated alkanes) is 3. The Balaban J connectivity index is 2.30. The van der Waals surface area contributed by atoms with Gasteiger partial charge in [-0.15, -0.1) is 0 Å². The summed E-state index contributed by atoms with van der Waals surface area (Å²) < 4.78 is 1.20. The van der Waals surface area contributed by atoms with Gasteiger partial charge in [0.05, 0.1) is 0 Å². The molecule has 1 aromatic carbocycles. The van der Waals surface area contributed by atoms with Crippen LogP contribution in [0.2, 0.25) is 0 Å². The second-order valence-corrected chi connectivity index (χ2v) is 5.11. The van der Waals surface area contributed by atoms with Gasteiger partial charge in [-0.25, -0.2) is 0 Å². The molecule has 0 aliphatic heterocycles. The second-order valence-electron chi connectivity index (χ2n) is 4.26. The molecule has 0 spiro atoms. The molecule has 16 heavy (non-hydrogen) atoms. The van der Waals surface area contributed by atoms with Gasteiger partial charge in [0.1, 0.15) is 0 Å². The van der Waals surface area contributed by atoms with Gasteiger partial charge in [-0.1, -0.05) is 60.3 Å². The SMILES string of the molecule is CCCCCCN[C@H](C)c1ccccc1Br. The molecule has 0 aliphatic rings. The van der Waals surface area contributed by atoms with E-state index in [1.807, 2.05) is 0 Å². The number of hydrogen-bond acceptors (Lipinski definition) is 1. The maximum Gasteiger partial charge on any atom is 0.0302 e. The minimum absolute atomic E-state index is 0.428. The predicted octanol–water partition coefficient (Wildman–Crippen LogP) is 4.68. The Kier molecular flexibility index (Phi) is 6.74. The molecule has 0 fully saturated rings. The van der Waals surface area contributed by atoms with E-state index in [-0.39, 0.29) is 0 Å². The molecule has 0 heterocycles. The Labute approximate surface area is 108 Å². The van der Waals surface area contributed by atoms with Crippen LogP contribution in [0, 0.1) is 0 Å². The maximum atomic E-state index is 3.59. The molecular formula is C14H22BrN. The van der Waals surface area contributed by atoms with Gasteiger partial charge < -0.3 is 5.32 Å². The molecule has 1 nitrogen and oxygen atoms in total. The van der Waals surface area contributed by atoms with Crippen molar-refractivity contribution in [3.05, 3.63) is 34.3 Å². The lowest BCUT2D eigenvalue weighted by atomic mass is 10.1. The average Bonchev–Trinajstić information content (AvgIpc) is 2.29. The van der Waals surface area contributed by atoms with Gasteiger partial charge in [0, 0.05) is 10.5 Å². The van der Waals surface area contributed by atoms with E-state index in [9.17, 15) is 0 Å². The van der Waals surface area contributed by atoms with Gasteiger partial charge in [0.2, 0.25) is 0 Å². The number of benzene rings is 1. The zero-order valence-corrected chi connectivity index (χ0v) is 11.9. The Hall–Kier alpha value is -0.340. The van der Waals surface area contributed by atoms with Crippen molar-refractivity contribution in [1.82, 2.24) is 5.32 Å². The lowest BCUT2D eigenvalue weighted by Gasteiger charge is -2.15. The highest BCUT2D eigenvalue weighted by Gasteiger charge is 2.06. The number of hydrogen-bond donors (Lipinski definition) is 1. The molecule has 0 saturated heterocycles. The first-order valence-electron chi connectivity index (χ1n) is 6.23. The summed E-state index contributed by atoms with van der Waals surface area (Å²) in [6.45, 7) is 5.58. The first-order chi connectivity index (χ1) is 7.75. The molecule has 1 aromatic rings. The van der Waals surface area contributed by atoms with Crippen molar-refractivity contribution in [1.29, 1.82) is 0 Å². The van der Waals surface area contributed by atoms with E-state index in [0.717, 1.165) is 6.54 Å². The Bertz CT molecular complexity index is 299. The third kappa shape index (κ3) is 4.67. The summed E-state index contributed by atoms with van der Waals surface area (Å²) in [5.74, 6) is 0. The van der Waals surface area contributed by atoms with Crippen LogP contribution in [0.25, 0.3) is 0 Å². The van der Waals surface area contributed by atoms with Gasteiger partial charge in [-0.05, 0) is 31.5 Å². The van der Waals surface area contributed by atoms with Crippen LogP contribution in [-0.2, 0) is 0 Å². The molecule has 0 amide bonds. The summed E-state index contributed by atoms with van der Waals surface area (Å²) in [4.78, 5) is 0. The first-order valence-corrected chi connectivity index (χ1v) is 7.02. The Morgan fingerprint density at radius 1 is 1.19 bits per heavy atom. The molecule has 2 heteroatoms. The largest absolute Gasteiger partial charge is 0.310 e. The van der Waals surface area contributed by atoms with Crippen molar-refractivity contribution in [2.45, 2.75) is 45.6 Å². The van der Waals surface area contributed by atoms with Crippen molar-refractivity contribution >= 4 is 15.9 Å². The van der Waals surface area contributed by atoms with E-state index >= 15 is 0 Å². The standard InChI is InChI=1S/C14H22BrN/c1-3-4-5-8-11-16-12(2)13-9-6-7-10-14(13)15/h6-7,9-10,12,16H,3-5,8,11H2,1-2H3/t12-/m1/s1. The highest BCUT2D eigenvalue weighted by atomic mass is 79.9. The van der Waals surface area contributed by atoms with Crippen LogP contribution in [0.3, 0.4) is 0 Å². The summed E-state index contributed by atoms with van der Waals surface area (Å²) in [5.41, 5.74) is 1.35. The highest BCUT2D eigenvalue weighted by Crippen LogP contribution is 2.22. The molecule has 90 valence electrons. The van der Waals surface area contributed by atoms with Crippen molar-refractivity contribution in [2.24, 2.45) is 0 Å². The number of nitrogens with one attached hydrogen (secondary N) is 1. The molecule has 0 bridgehead atoms. The summed E-state index contributed by atoms with van der Waals surface area (Å²) in [7, 11) is 0. The predicted molar refractivity (Wildman–Crippen MR) is 74.7 cm³/mol. The van der Waals surface area contributed by atoms with E-state index in [1.165, 1.54) is 35.7 Å². The van der Waals surface area contributed by atoms with E-state index < -0.39 is 0 Å². The first kappa shape index (κ1) is 13.7. The minimum atomic E-state index is 0.428. The van der Waals surface area contributed by atoms with Crippen molar-refractivity contribution in [2.75, 3.05) is 6.54 Å². The maximum absolute atomic E-state index is 3.59. The van der Waals surface area contributed by atoms with Gasteiger partial charge in [0.25, 0.3) is 0 Å². The zero-order chi connectivity index (χ0) is 11.8. The van der Waals surface area contributed by atoms with Crippen LogP contribution in [-0.4, -0.2) is 6.54 Å². The summed E-state index contributed by atoms with van der Waals surface area (Å²) in [6.07, 6.45) is 5.28. The van der Waals surface area contributed by atoms with Gasteiger partial charge in [-0.2, -0.15) is 0 Å². The third-order valence-corrected chi connectivity index (χ3v) is 3.57. The molecular weight excluding hydrogens is 262 g/mol. The summed E-state index contributed by atoms with van der Waals surface area (Å²) >= 11 is 3.59. The monoisotopic (exact) mass is 283 g/mol. The smallest absolute Gasteiger partial charge is 0.0302 e. The summed E-state index contributed by atoms with van der Waals surface area (Å²) in [5, 5.41) is 3.57. The molecule has 0 saturated carbocycles. The second kappa shape index (κ2) is 7.86. The quantitative estimate of drug-likeness (QED) is 0.717. The lowest BCUT2D eigenvalue weighted by molar-refractivity contribution is 0.535. The molecule has 0 radical (unpaired) electrons. The fourth-order valence-corrected chi connectivity index (χ4v) is 2.43. The lowest BCUT2D eigenvalue weighted by Crippen LogP contribution is -2.20. The van der Waals surface area contributed by atoms with Crippen molar-refractivity contribution in [3.8, 4) is 0 Å². The van der Waals surface area contributed by atoms with Gasteiger partial charge in [-0.3, -0.25) is 0 Å². The third-order valence-electron chi connectivity index (χ3n) is 2.85. The number of rotatable bonds is 7. The summed E-state index contributed by atoms with van der Waals surface area (Å²) in [6, 6.07) is 8.85. The normalized spacial score (nSPS) is 12.7. The van der Waals surface area contributed by atoms with Gasteiger partial charge in [0.15, 0.2) is 0 Å². The van der Waals surface area contributed by atoms with Crippen LogP contribution < -0.4 is 5.32 Å². The Morgan fingerprint density at radius 3 is 2.62 bits per heavy atom. The van der Waals surface area contributed by atoms with E-state index in [4.69, 9.17) is 0 Å². The average molecular weight is 284 g/mol. The molecule has 1 atom stereocenters. The number of halogens is 1. The van der Waals surface area contributed by atoms with Crippen LogP contribution in [0.5, 0.6) is 0 Å². The molecule has 0 aliphatic carbocycles. The minimum Gasteiger partial charge on any atom is -0.310 e. The van der Waals surface area contributed by atoms with Crippen LogP contribution in [0.4, 0.5) is 0 Å². The molecule has 1 rings (SSSR count). The molecule has 0 unspecified atom stereocenters. The van der Waals surface area contributed by atoms with E-state index in [2.05, 4.69) is 59.4 Å². The highest BCUT2D eigenvalue weighted by molar-refractivity contribution is 9.10. The topological polar surface area (TPSA) is 12.0 Å².